The predicted molar refractivity (Wildman–Crippen MR) is 61.3 cm³/mol. The van der Waals surface area contributed by atoms with Crippen molar-refractivity contribution in [3.63, 3.8) is 0 Å². The molecule has 18 heavy (non-hydrogen) atoms. The number of benzene rings is 1. The van der Waals surface area contributed by atoms with Gasteiger partial charge in [0.25, 0.3) is 0 Å². The molecule has 1 rings (SSSR count). The van der Waals surface area contributed by atoms with Crippen LogP contribution in [-0.2, 0) is 12.6 Å². The van der Waals surface area contributed by atoms with E-state index in [0.717, 1.165) is 12.1 Å². The summed E-state index contributed by atoms with van der Waals surface area (Å²) in [4.78, 5) is 0. The van der Waals surface area contributed by atoms with E-state index in [1.54, 1.807) is 0 Å². The van der Waals surface area contributed by atoms with Gasteiger partial charge < -0.3 is 15.6 Å². The van der Waals surface area contributed by atoms with Gasteiger partial charge in [0.15, 0.2) is 0 Å². The van der Waals surface area contributed by atoms with Crippen LogP contribution in [0.2, 0.25) is 0 Å². The van der Waals surface area contributed by atoms with Crippen LogP contribution in [0.25, 0.3) is 0 Å². The molecule has 0 aliphatic rings. The van der Waals surface area contributed by atoms with Crippen molar-refractivity contribution in [1.82, 2.24) is 0 Å². The van der Waals surface area contributed by atoms with E-state index in [0.29, 0.717) is 12.0 Å². The highest BCUT2D eigenvalue weighted by Gasteiger charge is 2.31. The highest BCUT2D eigenvalue weighted by atomic mass is 19.4. The normalized spacial score (nSPS) is 13.4. The van der Waals surface area contributed by atoms with Crippen LogP contribution in [0.5, 0.6) is 5.75 Å². The van der Waals surface area contributed by atoms with Crippen molar-refractivity contribution in [2.24, 2.45) is 11.7 Å². The molecule has 0 aromatic heterocycles. The second-order valence-corrected chi connectivity index (χ2v) is 4.01. The van der Waals surface area contributed by atoms with Crippen molar-refractivity contribution in [2.75, 3.05) is 20.3 Å². The standard InChI is InChI=1S/C12H16F3NO2/c1-18-11-5-10(12(13,14)15)3-2-9(11)4-8(6-16)7-17/h2-3,5,8,17H,4,6-7,16H2,1H3. The zero-order chi connectivity index (χ0) is 13.8. The maximum atomic E-state index is 12.5. The summed E-state index contributed by atoms with van der Waals surface area (Å²) in [7, 11) is 1.31. The quantitative estimate of drug-likeness (QED) is 0.852. The summed E-state index contributed by atoms with van der Waals surface area (Å²) in [6.07, 6.45) is -4.01. The average Bonchev–Trinajstić information content (AvgIpc) is 2.34. The minimum Gasteiger partial charge on any atom is -0.496 e. The lowest BCUT2D eigenvalue weighted by molar-refractivity contribution is -0.137. The first-order valence-corrected chi connectivity index (χ1v) is 5.47. The Labute approximate surface area is 103 Å². The number of alkyl halides is 3. The third kappa shape index (κ3) is 3.61. The Morgan fingerprint density at radius 1 is 1.39 bits per heavy atom. The van der Waals surface area contributed by atoms with Crippen molar-refractivity contribution in [2.45, 2.75) is 12.6 Å². The van der Waals surface area contributed by atoms with E-state index in [-0.39, 0.29) is 24.8 Å². The number of hydrogen-bond acceptors (Lipinski definition) is 3. The number of aliphatic hydroxyl groups excluding tert-OH is 1. The molecule has 0 saturated carbocycles. The summed E-state index contributed by atoms with van der Waals surface area (Å²) in [6, 6.07) is 3.32. The summed E-state index contributed by atoms with van der Waals surface area (Å²) in [5.41, 5.74) is 5.29. The molecule has 0 aliphatic carbocycles. The highest BCUT2D eigenvalue weighted by molar-refractivity contribution is 5.39. The molecule has 1 aromatic carbocycles. The van der Waals surface area contributed by atoms with Crippen molar-refractivity contribution >= 4 is 0 Å². The fourth-order valence-corrected chi connectivity index (χ4v) is 1.62. The molecule has 3 N–H and O–H groups in total. The topological polar surface area (TPSA) is 55.5 Å². The van der Waals surface area contributed by atoms with E-state index in [9.17, 15) is 13.2 Å². The van der Waals surface area contributed by atoms with Gasteiger partial charge in [0.1, 0.15) is 5.75 Å². The Morgan fingerprint density at radius 2 is 2.06 bits per heavy atom. The number of hydrogen-bond donors (Lipinski definition) is 2. The summed E-state index contributed by atoms with van der Waals surface area (Å²) in [5, 5.41) is 9.03. The zero-order valence-electron chi connectivity index (χ0n) is 10.00. The van der Waals surface area contributed by atoms with Crippen LogP contribution in [0.15, 0.2) is 18.2 Å². The van der Waals surface area contributed by atoms with Gasteiger partial charge in [-0.15, -0.1) is 0 Å². The van der Waals surface area contributed by atoms with E-state index in [1.807, 2.05) is 0 Å². The van der Waals surface area contributed by atoms with Crippen LogP contribution >= 0.6 is 0 Å². The average molecular weight is 263 g/mol. The summed E-state index contributed by atoms with van der Waals surface area (Å²) in [5.74, 6) is -0.0210. The van der Waals surface area contributed by atoms with Gasteiger partial charge in [-0.05, 0) is 36.6 Å². The smallest absolute Gasteiger partial charge is 0.416 e. The number of aliphatic hydroxyl groups is 1. The number of methoxy groups -OCH3 is 1. The number of rotatable bonds is 5. The molecule has 0 saturated heterocycles. The fraction of sp³-hybridized carbons (Fsp3) is 0.500. The van der Waals surface area contributed by atoms with Crippen LogP contribution in [0.1, 0.15) is 11.1 Å². The van der Waals surface area contributed by atoms with Gasteiger partial charge in [0.2, 0.25) is 0 Å². The van der Waals surface area contributed by atoms with Crippen LogP contribution in [-0.4, -0.2) is 25.4 Å². The SMILES string of the molecule is COc1cc(C(F)(F)F)ccc1CC(CN)CO. The third-order valence-corrected chi connectivity index (χ3v) is 2.71. The van der Waals surface area contributed by atoms with E-state index in [1.165, 1.54) is 13.2 Å². The molecule has 1 aromatic rings. The molecule has 102 valence electrons. The maximum Gasteiger partial charge on any atom is 0.416 e. The molecule has 6 heteroatoms. The molecule has 0 bridgehead atoms. The molecule has 0 fully saturated rings. The molecular formula is C12H16F3NO2. The predicted octanol–water partition coefficient (Wildman–Crippen LogP) is 1.82. The molecule has 0 radical (unpaired) electrons. The van der Waals surface area contributed by atoms with E-state index < -0.39 is 11.7 Å². The lowest BCUT2D eigenvalue weighted by Gasteiger charge is -2.16. The van der Waals surface area contributed by atoms with Crippen molar-refractivity contribution in [3.8, 4) is 5.75 Å². The van der Waals surface area contributed by atoms with Gasteiger partial charge in [-0.2, -0.15) is 13.2 Å². The van der Waals surface area contributed by atoms with Gasteiger partial charge in [-0.3, -0.25) is 0 Å². The Bertz CT molecular complexity index is 389. The lowest BCUT2D eigenvalue weighted by Crippen LogP contribution is -2.20. The van der Waals surface area contributed by atoms with Gasteiger partial charge in [-0.25, -0.2) is 0 Å². The molecule has 0 spiro atoms. The van der Waals surface area contributed by atoms with Crippen molar-refractivity contribution < 1.29 is 23.0 Å². The fourth-order valence-electron chi connectivity index (χ4n) is 1.62. The van der Waals surface area contributed by atoms with Crippen LogP contribution in [0.3, 0.4) is 0 Å². The van der Waals surface area contributed by atoms with Crippen LogP contribution < -0.4 is 10.5 Å². The largest absolute Gasteiger partial charge is 0.496 e. The summed E-state index contributed by atoms with van der Waals surface area (Å²) >= 11 is 0. The number of ether oxygens (including phenoxy) is 1. The van der Waals surface area contributed by atoms with E-state index in [4.69, 9.17) is 15.6 Å². The van der Waals surface area contributed by atoms with Crippen LogP contribution in [0.4, 0.5) is 13.2 Å². The Hall–Kier alpha value is -1.27. The monoisotopic (exact) mass is 263 g/mol. The number of halogens is 3. The number of nitrogens with two attached hydrogens (primary N) is 1. The lowest BCUT2D eigenvalue weighted by atomic mass is 9.98. The molecule has 0 amide bonds. The molecule has 1 unspecified atom stereocenters. The first-order chi connectivity index (χ1) is 8.42. The molecule has 0 aliphatic heterocycles. The minimum atomic E-state index is -4.39. The maximum absolute atomic E-state index is 12.5. The third-order valence-electron chi connectivity index (χ3n) is 2.71. The Morgan fingerprint density at radius 3 is 2.50 bits per heavy atom. The highest BCUT2D eigenvalue weighted by Crippen LogP contribution is 2.33. The van der Waals surface area contributed by atoms with Gasteiger partial charge >= 0.3 is 6.18 Å². The summed E-state index contributed by atoms with van der Waals surface area (Å²) in [6.45, 7) is 0.154. The van der Waals surface area contributed by atoms with Gasteiger partial charge in [0, 0.05) is 6.61 Å². The first kappa shape index (κ1) is 14.8. The van der Waals surface area contributed by atoms with Gasteiger partial charge in [0.05, 0.1) is 12.7 Å². The molecule has 1 atom stereocenters. The van der Waals surface area contributed by atoms with Crippen molar-refractivity contribution in [1.29, 1.82) is 0 Å². The second kappa shape index (κ2) is 6.06. The summed E-state index contributed by atoms with van der Waals surface area (Å²) < 4.78 is 42.5. The van der Waals surface area contributed by atoms with Gasteiger partial charge in [-0.1, -0.05) is 6.07 Å². The Kier molecular flexibility index (Phi) is 4.98. The molecule has 3 nitrogen and oxygen atoms in total. The first-order valence-electron chi connectivity index (χ1n) is 5.47. The van der Waals surface area contributed by atoms with Crippen molar-refractivity contribution in [3.05, 3.63) is 29.3 Å². The molecule has 0 heterocycles. The van der Waals surface area contributed by atoms with E-state index >= 15 is 0 Å². The minimum absolute atomic E-state index is 0.110. The zero-order valence-corrected chi connectivity index (χ0v) is 10.00. The second-order valence-electron chi connectivity index (χ2n) is 4.01. The Balaban J connectivity index is 3.00. The molecular weight excluding hydrogens is 247 g/mol. The van der Waals surface area contributed by atoms with E-state index in [2.05, 4.69) is 0 Å². The van der Waals surface area contributed by atoms with Crippen LogP contribution in [0, 0.1) is 5.92 Å².